The summed E-state index contributed by atoms with van der Waals surface area (Å²) in [6.07, 6.45) is 4.25. The Bertz CT molecular complexity index is 856. The van der Waals surface area contributed by atoms with Gasteiger partial charge in [-0.2, -0.15) is 0 Å². The van der Waals surface area contributed by atoms with Crippen LogP contribution in [0.1, 0.15) is 82.4 Å². The Morgan fingerprint density at radius 2 is 1.76 bits per heavy atom. The Morgan fingerprint density at radius 3 is 2.31 bits per heavy atom. The van der Waals surface area contributed by atoms with Crippen molar-refractivity contribution >= 4 is 5.78 Å². The first-order chi connectivity index (χ1) is 13.5. The van der Waals surface area contributed by atoms with Crippen LogP contribution in [0.25, 0.3) is 0 Å². The Balaban J connectivity index is 1.88. The fourth-order valence-corrected chi connectivity index (χ4v) is 3.52. The molecular weight excluding hydrogens is 362 g/mol. The van der Waals surface area contributed by atoms with E-state index < -0.39 is 0 Å². The first-order valence-corrected chi connectivity index (χ1v) is 10.4. The summed E-state index contributed by atoms with van der Waals surface area (Å²) in [7, 11) is 0. The van der Waals surface area contributed by atoms with Crippen LogP contribution >= 0.6 is 0 Å². The first kappa shape index (κ1) is 21.5. The second-order valence-corrected chi connectivity index (χ2v) is 10.0. The van der Waals surface area contributed by atoms with Crippen molar-refractivity contribution in [3.05, 3.63) is 59.4 Å². The van der Waals surface area contributed by atoms with E-state index in [4.69, 9.17) is 9.47 Å². The van der Waals surface area contributed by atoms with E-state index in [-0.39, 0.29) is 29.0 Å². The number of para-hydroxylation sites is 1. The molecule has 156 valence electrons. The molecule has 0 radical (unpaired) electrons. The van der Waals surface area contributed by atoms with Crippen molar-refractivity contribution < 1.29 is 14.3 Å². The molecule has 0 saturated heterocycles. The highest BCUT2D eigenvalue weighted by atomic mass is 16.7. The van der Waals surface area contributed by atoms with E-state index in [0.29, 0.717) is 17.7 Å². The number of nitrogens with zero attached hydrogens (tertiary/aromatic N) is 1. The van der Waals surface area contributed by atoms with Crippen LogP contribution in [0.15, 0.2) is 42.6 Å². The minimum atomic E-state index is -0.308. The third-order valence-electron chi connectivity index (χ3n) is 5.38. The van der Waals surface area contributed by atoms with Crippen LogP contribution in [0.5, 0.6) is 5.75 Å². The number of aromatic nitrogens is 1. The summed E-state index contributed by atoms with van der Waals surface area (Å²) >= 11 is 0. The molecule has 0 spiro atoms. The molecule has 4 nitrogen and oxygen atoms in total. The Morgan fingerprint density at radius 1 is 1.03 bits per heavy atom. The number of hydrogen-bond donors (Lipinski definition) is 0. The molecule has 1 saturated carbocycles. The molecule has 1 heterocycles. The van der Waals surface area contributed by atoms with Gasteiger partial charge in [0.15, 0.2) is 12.6 Å². The molecule has 2 aromatic rings. The van der Waals surface area contributed by atoms with Crippen LogP contribution in [0.2, 0.25) is 0 Å². The van der Waals surface area contributed by atoms with Gasteiger partial charge in [-0.25, -0.2) is 0 Å². The van der Waals surface area contributed by atoms with Gasteiger partial charge in [-0.15, -0.1) is 0 Å². The third-order valence-corrected chi connectivity index (χ3v) is 5.38. The molecule has 3 rings (SSSR count). The highest BCUT2D eigenvalue weighted by Gasteiger charge is 2.47. The van der Waals surface area contributed by atoms with Gasteiger partial charge in [0.05, 0.1) is 11.2 Å². The summed E-state index contributed by atoms with van der Waals surface area (Å²) in [6.45, 7) is 12.5. The quantitative estimate of drug-likeness (QED) is 0.437. The van der Waals surface area contributed by atoms with E-state index in [0.717, 1.165) is 24.1 Å². The van der Waals surface area contributed by atoms with E-state index in [1.54, 1.807) is 6.20 Å². The zero-order valence-electron chi connectivity index (χ0n) is 18.5. The molecule has 29 heavy (non-hydrogen) atoms. The molecule has 0 N–H and O–H groups in total. The molecule has 1 aromatic heterocycles. The van der Waals surface area contributed by atoms with Gasteiger partial charge in [0, 0.05) is 29.3 Å². The van der Waals surface area contributed by atoms with Gasteiger partial charge in [-0.3, -0.25) is 9.78 Å². The topological polar surface area (TPSA) is 48.4 Å². The maximum Gasteiger partial charge on any atom is 0.189 e. The maximum absolute atomic E-state index is 13.4. The van der Waals surface area contributed by atoms with Crippen LogP contribution in [0.3, 0.4) is 0 Å². The number of pyridine rings is 1. The maximum atomic E-state index is 13.4. The standard InChI is InChI=1S/C25H33NO3/c1-23(2,3)19-11-9-10-18(22(19)28-17-29-24(4,5)6)20(27)16-25(13-14-25)21-12-7-8-15-26-21/h7-12,15H,13-14,16-17H2,1-6H3. The van der Waals surface area contributed by atoms with E-state index in [1.165, 1.54) is 0 Å². The van der Waals surface area contributed by atoms with Crippen LogP contribution in [0, 0.1) is 0 Å². The monoisotopic (exact) mass is 395 g/mol. The van der Waals surface area contributed by atoms with Crippen LogP contribution in [-0.2, 0) is 15.6 Å². The van der Waals surface area contributed by atoms with Gasteiger partial charge in [0.25, 0.3) is 0 Å². The molecular formula is C25H33NO3. The van der Waals surface area contributed by atoms with Gasteiger partial charge < -0.3 is 9.47 Å². The lowest BCUT2D eigenvalue weighted by molar-refractivity contribution is -0.0764. The van der Waals surface area contributed by atoms with Crippen molar-refractivity contribution in [2.75, 3.05) is 6.79 Å². The largest absolute Gasteiger partial charge is 0.466 e. The first-order valence-electron chi connectivity index (χ1n) is 10.4. The molecule has 1 aliphatic rings. The highest BCUT2D eigenvalue weighted by Crippen LogP contribution is 2.51. The number of carbonyl (C=O) groups excluding carboxylic acids is 1. The van der Waals surface area contributed by atoms with Gasteiger partial charge in [0.1, 0.15) is 5.75 Å². The lowest BCUT2D eigenvalue weighted by atomic mass is 9.83. The highest BCUT2D eigenvalue weighted by molar-refractivity contribution is 6.00. The summed E-state index contributed by atoms with van der Waals surface area (Å²) in [4.78, 5) is 17.9. The zero-order chi connectivity index (χ0) is 21.3. The molecule has 4 heteroatoms. The summed E-state index contributed by atoms with van der Waals surface area (Å²) in [6, 6.07) is 11.8. The number of rotatable bonds is 7. The second kappa shape index (κ2) is 7.91. The van der Waals surface area contributed by atoms with Gasteiger partial charge in [0.2, 0.25) is 0 Å². The third kappa shape index (κ3) is 5.24. The SMILES string of the molecule is CC(C)(C)OCOc1c(C(=O)CC2(c3ccccn3)CC2)cccc1C(C)(C)C. The number of ketones is 1. The Labute approximate surface area is 174 Å². The molecule has 0 aliphatic heterocycles. The van der Waals surface area contributed by atoms with Crippen molar-refractivity contribution in [2.24, 2.45) is 0 Å². The Kier molecular flexibility index (Phi) is 5.86. The minimum Gasteiger partial charge on any atom is -0.466 e. The summed E-state index contributed by atoms with van der Waals surface area (Å²) in [5, 5.41) is 0. The average Bonchev–Trinajstić information content (AvgIpc) is 3.41. The number of carbonyl (C=O) groups is 1. The molecule has 1 fully saturated rings. The van der Waals surface area contributed by atoms with Crippen molar-refractivity contribution in [3.63, 3.8) is 0 Å². The van der Waals surface area contributed by atoms with Crippen molar-refractivity contribution in [1.82, 2.24) is 4.98 Å². The van der Waals surface area contributed by atoms with Crippen LogP contribution in [-0.4, -0.2) is 23.2 Å². The van der Waals surface area contributed by atoms with E-state index >= 15 is 0 Å². The predicted molar refractivity (Wildman–Crippen MR) is 116 cm³/mol. The lowest BCUT2D eigenvalue weighted by Gasteiger charge is -2.26. The molecule has 1 aliphatic carbocycles. The van der Waals surface area contributed by atoms with E-state index in [9.17, 15) is 4.79 Å². The molecule has 0 amide bonds. The van der Waals surface area contributed by atoms with E-state index in [2.05, 4.69) is 25.8 Å². The lowest BCUT2D eigenvalue weighted by Crippen LogP contribution is -2.24. The number of hydrogen-bond acceptors (Lipinski definition) is 4. The summed E-state index contributed by atoms with van der Waals surface area (Å²) in [5.74, 6) is 0.746. The minimum absolute atomic E-state index is 0.102. The van der Waals surface area contributed by atoms with Crippen LogP contribution < -0.4 is 4.74 Å². The molecule has 0 bridgehead atoms. The molecule has 0 atom stereocenters. The van der Waals surface area contributed by atoms with Crippen LogP contribution in [0.4, 0.5) is 0 Å². The molecule has 1 aromatic carbocycles. The van der Waals surface area contributed by atoms with Crippen molar-refractivity contribution in [1.29, 1.82) is 0 Å². The predicted octanol–water partition coefficient (Wildman–Crippen LogP) is 5.84. The number of benzene rings is 1. The summed E-state index contributed by atoms with van der Waals surface area (Å²) < 4.78 is 11.8. The fourth-order valence-electron chi connectivity index (χ4n) is 3.52. The summed E-state index contributed by atoms with van der Waals surface area (Å²) in [5.41, 5.74) is 2.08. The fraction of sp³-hybridized carbons (Fsp3) is 0.520. The van der Waals surface area contributed by atoms with Gasteiger partial charge in [-0.1, -0.05) is 39.0 Å². The number of ether oxygens (including phenoxy) is 2. The van der Waals surface area contributed by atoms with Gasteiger partial charge in [-0.05, 0) is 57.2 Å². The average molecular weight is 396 g/mol. The van der Waals surface area contributed by atoms with Crippen molar-refractivity contribution in [2.45, 2.75) is 77.2 Å². The zero-order valence-corrected chi connectivity index (χ0v) is 18.5. The second-order valence-electron chi connectivity index (χ2n) is 10.0. The van der Waals surface area contributed by atoms with E-state index in [1.807, 2.05) is 57.2 Å². The number of Topliss-reactive ketones (excluding diaryl/α,β-unsaturated/α-hetero) is 1. The smallest absolute Gasteiger partial charge is 0.189 e. The normalized spacial score (nSPS) is 15.8. The van der Waals surface area contributed by atoms with Crippen molar-refractivity contribution in [3.8, 4) is 5.75 Å². The molecule has 0 unspecified atom stereocenters. The van der Waals surface area contributed by atoms with Gasteiger partial charge >= 0.3 is 0 Å². The Hall–Kier alpha value is -2.20.